The minimum Gasteiger partial charge on any atom is -0.298 e. The van der Waals surface area contributed by atoms with Crippen LogP contribution in [0.5, 0.6) is 0 Å². The third kappa shape index (κ3) is 4.43. The molecule has 0 bridgehead atoms. The highest BCUT2D eigenvalue weighted by Crippen LogP contribution is 2.26. The number of benzene rings is 2. The van der Waals surface area contributed by atoms with E-state index in [0.717, 1.165) is 16.8 Å². The summed E-state index contributed by atoms with van der Waals surface area (Å²) in [4.78, 5) is 21.3. The second-order valence-electron chi connectivity index (χ2n) is 7.62. The molecule has 1 aliphatic heterocycles. The van der Waals surface area contributed by atoms with E-state index in [0.29, 0.717) is 30.2 Å². The zero-order valence-electron chi connectivity index (χ0n) is 17.5. The SMILES string of the molecule is O=C(Nc1nc(-c2cccnc2)cs1)c1ccc(S(=O)(=O)N2CCc3ccccc3C2)cc1. The molecule has 9 heteroatoms. The average molecular weight is 477 g/mol. The quantitative estimate of drug-likeness (QED) is 0.466. The molecule has 0 saturated heterocycles. The van der Waals surface area contributed by atoms with Crippen LogP contribution < -0.4 is 5.32 Å². The van der Waals surface area contributed by atoms with Gasteiger partial charge in [0.15, 0.2) is 5.13 Å². The summed E-state index contributed by atoms with van der Waals surface area (Å²) in [5.74, 6) is -0.349. The summed E-state index contributed by atoms with van der Waals surface area (Å²) in [5.41, 5.74) is 4.16. The van der Waals surface area contributed by atoms with E-state index < -0.39 is 10.0 Å². The van der Waals surface area contributed by atoms with Crippen molar-refractivity contribution in [1.29, 1.82) is 0 Å². The molecule has 0 saturated carbocycles. The Hall–Kier alpha value is -3.40. The summed E-state index contributed by atoms with van der Waals surface area (Å²) >= 11 is 1.31. The molecule has 3 heterocycles. The Morgan fingerprint density at radius 1 is 1.00 bits per heavy atom. The van der Waals surface area contributed by atoms with Gasteiger partial charge in [0, 0.05) is 42.0 Å². The number of fused-ring (bicyclic) bond motifs is 1. The van der Waals surface area contributed by atoms with Gasteiger partial charge < -0.3 is 0 Å². The van der Waals surface area contributed by atoms with Gasteiger partial charge in [-0.25, -0.2) is 13.4 Å². The van der Waals surface area contributed by atoms with E-state index in [1.807, 2.05) is 41.8 Å². The van der Waals surface area contributed by atoms with Gasteiger partial charge in [0.25, 0.3) is 5.91 Å². The lowest BCUT2D eigenvalue weighted by Gasteiger charge is -2.28. The maximum Gasteiger partial charge on any atom is 0.257 e. The smallest absolute Gasteiger partial charge is 0.257 e. The summed E-state index contributed by atoms with van der Waals surface area (Å²) < 4.78 is 27.7. The predicted molar refractivity (Wildman–Crippen MR) is 127 cm³/mol. The van der Waals surface area contributed by atoms with Gasteiger partial charge in [-0.1, -0.05) is 24.3 Å². The number of amides is 1. The standard InChI is InChI=1S/C24H20N4O3S2/c29-23(27-24-26-22(16-32-24)19-6-3-12-25-14-19)18-7-9-21(10-8-18)33(30,31)28-13-11-17-4-1-2-5-20(17)15-28/h1-10,12,14,16H,11,13,15H2,(H,26,27,29). The molecule has 4 aromatic rings. The van der Waals surface area contributed by atoms with Crippen LogP contribution in [0.25, 0.3) is 11.3 Å². The number of nitrogens with zero attached hydrogens (tertiary/aromatic N) is 3. The molecular weight excluding hydrogens is 456 g/mol. The Labute approximate surface area is 195 Å². The van der Waals surface area contributed by atoms with Gasteiger partial charge in [0.1, 0.15) is 0 Å². The number of anilines is 1. The number of carbonyl (C=O) groups is 1. The van der Waals surface area contributed by atoms with Gasteiger partial charge in [-0.3, -0.25) is 15.1 Å². The second kappa shape index (κ2) is 8.86. The van der Waals surface area contributed by atoms with Crippen molar-refractivity contribution in [1.82, 2.24) is 14.3 Å². The fraction of sp³-hybridized carbons (Fsp3) is 0.125. The molecule has 0 radical (unpaired) electrons. The molecule has 0 unspecified atom stereocenters. The first kappa shape index (κ1) is 21.4. The molecule has 166 valence electrons. The van der Waals surface area contributed by atoms with Gasteiger partial charge in [-0.15, -0.1) is 11.3 Å². The number of pyridine rings is 1. The third-order valence-electron chi connectivity index (χ3n) is 5.53. The fourth-order valence-electron chi connectivity index (χ4n) is 3.75. The molecule has 33 heavy (non-hydrogen) atoms. The molecule has 5 rings (SSSR count). The van der Waals surface area contributed by atoms with Crippen LogP contribution in [-0.4, -0.2) is 35.1 Å². The maximum atomic E-state index is 13.1. The molecule has 2 aromatic carbocycles. The van der Waals surface area contributed by atoms with Crippen molar-refractivity contribution in [2.45, 2.75) is 17.9 Å². The number of hydrogen-bond acceptors (Lipinski definition) is 6. The van der Waals surface area contributed by atoms with Crippen LogP contribution in [0.3, 0.4) is 0 Å². The summed E-state index contributed by atoms with van der Waals surface area (Å²) in [6.45, 7) is 0.787. The first-order valence-electron chi connectivity index (χ1n) is 10.3. The Kier molecular flexibility index (Phi) is 5.76. The van der Waals surface area contributed by atoms with Crippen LogP contribution in [0.15, 0.2) is 83.3 Å². The highest BCUT2D eigenvalue weighted by Gasteiger charge is 2.28. The van der Waals surface area contributed by atoms with Crippen LogP contribution in [0, 0.1) is 0 Å². The summed E-state index contributed by atoms with van der Waals surface area (Å²) in [5, 5.41) is 5.08. The molecular formula is C24H20N4O3S2. The maximum absolute atomic E-state index is 13.1. The number of thiazole rings is 1. The van der Waals surface area contributed by atoms with Crippen molar-refractivity contribution >= 4 is 32.4 Å². The van der Waals surface area contributed by atoms with E-state index in [1.54, 1.807) is 12.4 Å². The van der Waals surface area contributed by atoms with E-state index >= 15 is 0 Å². The van der Waals surface area contributed by atoms with Crippen LogP contribution >= 0.6 is 11.3 Å². The Morgan fingerprint density at radius 2 is 1.79 bits per heavy atom. The monoisotopic (exact) mass is 476 g/mol. The van der Waals surface area contributed by atoms with E-state index in [1.165, 1.54) is 45.5 Å². The molecule has 7 nitrogen and oxygen atoms in total. The number of aromatic nitrogens is 2. The second-order valence-corrected chi connectivity index (χ2v) is 10.4. The zero-order chi connectivity index (χ0) is 22.8. The van der Waals surface area contributed by atoms with Gasteiger partial charge in [-0.2, -0.15) is 4.31 Å². The van der Waals surface area contributed by atoms with Crippen LogP contribution in [-0.2, 0) is 23.0 Å². The number of carbonyl (C=O) groups excluding carboxylic acids is 1. The highest BCUT2D eigenvalue weighted by atomic mass is 32.2. The number of sulfonamides is 1. The van der Waals surface area contributed by atoms with Gasteiger partial charge in [0.2, 0.25) is 10.0 Å². The van der Waals surface area contributed by atoms with Gasteiger partial charge in [0.05, 0.1) is 10.6 Å². The van der Waals surface area contributed by atoms with E-state index in [2.05, 4.69) is 15.3 Å². The lowest BCUT2D eigenvalue weighted by molar-refractivity contribution is 0.102. The minimum atomic E-state index is -3.65. The van der Waals surface area contributed by atoms with Gasteiger partial charge >= 0.3 is 0 Å². The fourth-order valence-corrected chi connectivity index (χ4v) is 5.88. The van der Waals surface area contributed by atoms with Crippen molar-refractivity contribution in [2.24, 2.45) is 0 Å². The Balaban J connectivity index is 1.28. The first-order valence-corrected chi connectivity index (χ1v) is 12.7. The predicted octanol–water partition coefficient (Wildman–Crippen LogP) is 4.20. The van der Waals surface area contributed by atoms with Crippen LogP contribution in [0.1, 0.15) is 21.5 Å². The van der Waals surface area contributed by atoms with E-state index in [9.17, 15) is 13.2 Å². The summed E-state index contributed by atoms with van der Waals surface area (Å²) in [7, 11) is -3.65. The first-order chi connectivity index (χ1) is 16.0. The molecule has 1 N–H and O–H groups in total. The molecule has 1 aliphatic rings. The van der Waals surface area contributed by atoms with Crippen molar-refractivity contribution in [3.63, 3.8) is 0 Å². The molecule has 1 amide bonds. The highest BCUT2D eigenvalue weighted by molar-refractivity contribution is 7.89. The van der Waals surface area contributed by atoms with Crippen molar-refractivity contribution < 1.29 is 13.2 Å². The summed E-state index contributed by atoms with van der Waals surface area (Å²) in [6, 6.07) is 17.6. The molecule has 0 spiro atoms. The Morgan fingerprint density at radius 3 is 2.55 bits per heavy atom. The zero-order valence-corrected chi connectivity index (χ0v) is 19.1. The van der Waals surface area contributed by atoms with Gasteiger partial charge in [-0.05, 0) is 53.9 Å². The van der Waals surface area contributed by atoms with E-state index in [-0.39, 0.29) is 10.8 Å². The largest absolute Gasteiger partial charge is 0.298 e. The lowest BCUT2D eigenvalue weighted by Crippen LogP contribution is -2.35. The number of nitrogens with one attached hydrogen (secondary N) is 1. The summed E-state index contributed by atoms with van der Waals surface area (Å²) in [6.07, 6.45) is 4.08. The number of rotatable bonds is 5. The topological polar surface area (TPSA) is 92.3 Å². The minimum absolute atomic E-state index is 0.173. The number of hydrogen-bond donors (Lipinski definition) is 1. The van der Waals surface area contributed by atoms with E-state index in [4.69, 9.17) is 0 Å². The molecule has 0 fully saturated rings. The van der Waals surface area contributed by atoms with Crippen molar-refractivity contribution in [3.8, 4) is 11.3 Å². The molecule has 2 aromatic heterocycles. The van der Waals surface area contributed by atoms with Crippen molar-refractivity contribution in [3.05, 3.63) is 95.1 Å². The van der Waals surface area contributed by atoms with Crippen LogP contribution in [0.2, 0.25) is 0 Å². The average Bonchev–Trinajstić information content (AvgIpc) is 3.33. The normalized spacial score (nSPS) is 13.9. The lowest BCUT2D eigenvalue weighted by atomic mass is 10.0. The molecule has 0 atom stereocenters. The van der Waals surface area contributed by atoms with Crippen LogP contribution in [0.4, 0.5) is 5.13 Å². The van der Waals surface area contributed by atoms with Crippen molar-refractivity contribution in [2.75, 3.05) is 11.9 Å². The third-order valence-corrected chi connectivity index (χ3v) is 8.15. The molecule has 0 aliphatic carbocycles. The Bertz CT molecular complexity index is 1400.